The molecule has 1 aromatic heterocycles. The first kappa shape index (κ1) is 18.4. The molecule has 0 amide bonds. The number of fused-ring (bicyclic) bond motifs is 1. The van der Waals surface area contributed by atoms with Crippen molar-refractivity contribution in [3.63, 3.8) is 0 Å². The first-order chi connectivity index (χ1) is 11.2. The number of nitrogens with one attached hydrogen (secondary N) is 1. The van der Waals surface area contributed by atoms with E-state index >= 15 is 0 Å². The van der Waals surface area contributed by atoms with E-state index in [1.54, 1.807) is 0 Å². The molecule has 0 saturated heterocycles. The largest absolute Gasteiger partial charge is 0.394 e. The fourth-order valence-electron chi connectivity index (χ4n) is 2.14. The second-order valence-electron chi connectivity index (χ2n) is 5.30. The number of halogens is 2. The zero-order chi connectivity index (χ0) is 18.0. The van der Waals surface area contributed by atoms with Crippen molar-refractivity contribution in [3.8, 4) is 0 Å². The maximum Gasteiger partial charge on any atom is 0.270 e. The van der Waals surface area contributed by atoms with E-state index in [4.69, 9.17) is 5.11 Å². The van der Waals surface area contributed by atoms with Crippen LogP contribution in [0.25, 0.3) is 11.0 Å². The molecule has 0 aliphatic heterocycles. The summed E-state index contributed by atoms with van der Waals surface area (Å²) in [6.07, 6.45) is -7.63. The Kier molecular flexibility index (Phi) is 5.57. The quantitative estimate of drug-likeness (QED) is 0.361. The molecule has 0 aliphatic rings. The highest BCUT2D eigenvalue weighted by Crippen LogP contribution is 2.15. The fourth-order valence-corrected chi connectivity index (χ4v) is 2.14. The van der Waals surface area contributed by atoms with E-state index in [2.05, 4.69) is 9.97 Å². The molecule has 2 aromatic rings. The minimum absolute atomic E-state index is 0.0478. The smallest absolute Gasteiger partial charge is 0.270 e. The zero-order valence-electron chi connectivity index (χ0n) is 12.2. The van der Waals surface area contributed by atoms with Gasteiger partial charge in [0.1, 0.15) is 24.0 Å². The number of benzene rings is 1. The standard InChI is InChI=1S/C14H16F2N2O6/c15-5-1-7-8(2-6(5)16)18-14(24)9(17-7)3-10(20)12(22)13(23)11(21)4-19/h1-2,10-13,19-23H,3-4H2,(H,18,24)/t10-,11?,12?,13?/m1/s1. The Morgan fingerprint density at radius 1 is 1.04 bits per heavy atom. The van der Waals surface area contributed by atoms with Gasteiger partial charge in [0.2, 0.25) is 0 Å². The predicted molar refractivity (Wildman–Crippen MR) is 77.1 cm³/mol. The number of H-pyrrole nitrogens is 1. The number of hydrogen-bond acceptors (Lipinski definition) is 7. The van der Waals surface area contributed by atoms with Gasteiger partial charge in [0.15, 0.2) is 11.6 Å². The Bertz CT molecular complexity index is 784. The lowest BCUT2D eigenvalue weighted by molar-refractivity contribution is -0.114. The molecule has 24 heavy (non-hydrogen) atoms. The molecule has 0 radical (unpaired) electrons. The van der Waals surface area contributed by atoms with Crippen LogP contribution >= 0.6 is 0 Å². The molecule has 6 N–H and O–H groups in total. The van der Waals surface area contributed by atoms with Crippen LogP contribution in [0, 0.1) is 11.6 Å². The van der Waals surface area contributed by atoms with E-state index in [1.807, 2.05) is 0 Å². The lowest BCUT2D eigenvalue weighted by atomic mass is 10.00. The summed E-state index contributed by atoms with van der Waals surface area (Å²) in [7, 11) is 0. The summed E-state index contributed by atoms with van der Waals surface area (Å²) in [6, 6.07) is 1.52. The minimum Gasteiger partial charge on any atom is -0.394 e. The van der Waals surface area contributed by atoms with E-state index < -0.39 is 54.6 Å². The second-order valence-corrected chi connectivity index (χ2v) is 5.30. The van der Waals surface area contributed by atoms with Gasteiger partial charge >= 0.3 is 0 Å². The van der Waals surface area contributed by atoms with Gasteiger partial charge in [-0.2, -0.15) is 0 Å². The number of rotatable bonds is 6. The highest BCUT2D eigenvalue weighted by atomic mass is 19.2. The molecule has 8 nitrogen and oxygen atoms in total. The van der Waals surface area contributed by atoms with Gasteiger partial charge in [0.05, 0.1) is 23.7 Å². The van der Waals surface area contributed by atoms with E-state index in [1.165, 1.54) is 0 Å². The van der Waals surface area contributed by atoms with Gasteiger partial charge in [0.25, 0.3) is 5.56 Å². The molecule has 0 spiro atoms. The number of aliphatic hydroxyl groups is 5. The number of nitrogens with zero attached hydrogens (tertiary/aromatic N) is 1. The molecule has 0 aliphatic carbocycles. The van der Waals surface area contributed by atoms with E-state index in [9.17, 15) is 34.0 Å². The third-order valence-electron chi connectivity index (χ3n) is 3.53. The first-order valence-corrected chi connectivity index (χ1v) is 6.95. The van der Waals surface area contributed by atoms with Crippen LogP contribution in [0.5, 0.6) is 0 Å². The maximum absolute atomic E-state index is 13.2. The lowest BCUT2D eigenvalue weighted by Crippen LogP contribution is -2.47. The van der Waals surface area contributed by atoms with Gasteiger partial charge in [-0.05, 0) is 0 Å². The van der Waals surface area contributed by atoms with Crippen LogP contribution in [0.1, 0.15) is 5.69 Å². The summed E-state index contributed by atoms with van der Waals surface area (Å²) in [5, 5.41) is 47.0. The number of aromatic amines is 1. The predicted octanol–water partition coefficient (Wildman–Crippen LogP) is -1.82. The average molecular weight is 346 g/mol. The minimum atomic E-state index is -1.87. The van der Waals surface area contributed by atoms with Crippen molar-refractivity contribution in [1.29, 1.82) is 0 Å². The molecule has 0 fully saturated rings. The monoisotopic (exact) mass is 346 g/mol. The highest BCUT2D eigenvalue weighted by molar-refractivity contribution is 5.74. The molecule has 4 atom stereocenters. The van der Waals surface area contributed by atoms with Crippen molar-refractivity contribution >= 4 is 11.0 Å². The fraction of sp³-hybridized carbons (Fsp3) is 0.429. The van der Waals surface area contributed by atoms with Gasteiger partial charge in [-0.3, -0.25) is 4.79 Å². The van der Waals surface area contributed by atoms with E-state index in [-0.39, 0.29) is 16.7 Å². The van der Waals surface area contributed by atoms with Crippen LogP contribution in [0.15, 0.2) is 16.9 Å². The van der Waals surface area contributed by atoms with Crippen molar-refractivity contribution in [2.24, 2.45) is 0 Å². The second kappa shape index (κ2) is 7.28. The molecule has 1 heterocycles. The summed E-state index contributed by atoms with van der Waals surface area (Å²) in [4.78, 5) is 17.9. The third-order valence-corrected chi connectivity index (χ3v) is 3.53. The van der Waals surface area contributed by atoms with Crippen molar-refractivity contribution in [1.82, 2.24) is 9.97 Å². The molecule has 1 aromatic carbocycles. The molecule has 3 unspecified atom stereocenters. The van der Waals surface area contributed by atoms with Crippen LogP contribution in [-0.2, 0) is 6.42 Å². The van der Waals surface area contributed by atoms with E-state index in [0.29, 0.717) is 0 Å². The van der Waals surface area contributed by atoms with Gasteiger partial charge in [-0.25, -0.2) is 13.8 Å². The summed E-state index contributed by atoms with van der Waals surface area (Å²) >= 11 is 0. The Balaban J connectivity index is 2.27. The topological polar surface area (TPSA) is 147 Å². The number of aromatic nitrogens is 2. The Morgan fingerprint density at radius 2 is 1.62 bits per heavy atom. The third kappa shape index (κ3) is 3.74. The lowest BCUT2D eigenvalue weighted by Gasteiger charge is -2.25. The molecule has 0 saturated carbocycles. The summed E-state index contributed by atoms with van der Waals surface area (Å²) in [5.74, 6) is -2.33. The molecule has 0 bridgehead atoms. The first-order valence-electron chi connectivity index (χ1n) is 6.95. The SMILES string of the molecule is O=c1[nH]c2cc(F)c(F)cc2nc1C[C@@H](O)C(O)C(O)C(O)CO. The number of aliphatic hydroxyl groups excluding tert-OH is 5. The summed E-state index contributed by atoms with van der Waals surface area (Å²) in [5.41, 5.74) is -1.20. The molecule has 132 valence electrons. The average Bonchev–Trinajstić information content (AvgIpc) is 2.55. The van der Waals surface area contributed by atoms with Crippen LogP contribution < -0.4 is 5.56 Å². The van der Waals surface area contributed by atoms with Crippen molar-refractivity contribution in [3.05, 3.63) is 39.8 Å². The van der Waals surface area contributed by atoms with Gasteiger partial charge in [-0.15, -0.1) is 0 Å². The van der Waals surface area contributed by atoms with Crippen molar-refractivity contribution < 1.29 is 34.3 Å². The van der Waals surface area contributed by atoms with Crippen LogP contribution in [0.3, 0.4) is 0 Å². The van der Waals surface area contributed by atoms with E-state index in [0.717, 1.165) is 12.1 Å². The number of hydrogen-bond donors (Lipinski definition) is 6. The Labute approximate surface area is 133 Å². The summed E-state index contributed by atoms with van der Waals surface area (Å²) in [6.45, 7) is -0.843. The van der Waals surface area contributed by atoms with Gasteiger partial charge < -0.3 is 30.5 Å². The van der Waals surface area contributed by atoms with Gasteiger partial charge in [0, 0.05) is 18.6 Å². The molecular formula is C14H16F2N2O6. The Hall–Kier alpha value is -1.98. The normalized spacial score (nSPS) is 16.8. The van der Waals surface area contributed by atoms with Crippen molar-refractivity contribution in [2.45, 2.75) is 30.8 Å². The summed E-state index contributed by atoms with van der Waals surface area (Å²) < 4.78 is 26.3. The van der Waals surface area contributed by atoms with Crippen LogP contribution in [-0.4, -0.2) is 66.5 Å². The van der Waals surface area contributed by atoms with Crippen molar-refractivity contribution in [2.75, 3.05) is 6.61 Å². The zero-order valence-corrected chi connectivity index (χ0v) is 12.2. The molecule has 2 rings (SSSR count). The van der Waals surface area contributed by atoms with Crippen LogP contribution in [0.4, 0.5) is 8.78 Å². The molecular weight excluding hydrogens is 330 g/mol. The van der Waals surface area contributed by atoms with Gasteiger partial charge in [-0.1, -0.05) is 0 Å². The van der Waals surface area contributed by atoms with Crippen LogP contribution in [0.2, 0.25) is 0 Å². The highest BCUT2D eigenvalue weighted by Gasteiger charge is 2.30. The Morgan fingerprint density at radius 3 is 2.25 bits per heavy atom. The maximum atomic E-state index is 13.2. The molecule has 10 heteroatoms.